The lowest BCUT2D eigenvalue weighted by atomic mass is 9.99. The van der Waals surface area contributed by atoms with E-state index in [9.17, 15) is 9.90 Å². The van der Waals surface area contributed by atoms with E-state index in [0.717, 1.165) is 23.2 Å². The second kappa shape index (κ2) is 7.04. The topological polar surface area (TPSA) is 67.2 Å². The maximum atomic E-state index is 11.4. The summed E-state index contributed by atoms with van der Waals surface area (Å²) >= 11 is 0. The van der Waals surface area contributed by atoms with Gasteiger partial charge < -0.3 is 10.4 Å². The van der Waals surface area contributed by atoms with E-state index in [0.29, 0.717) is 13.1 Å². The Morgan fingerprint density at radius 1 is 1.38 bits per heavy atom. The van der Waals surface area contributed by atoms with E-state index in [1.54, 1.807) is 4.68 Å². The summed E-state index contributed by atoms with van der Waals surface area (Å²) in [6.45, 7) is 3.10. The first-order chi connectivity index (χ1) is 10.1. The number of rotatable bonds is 7. The highest BCUT2D eigenvalue weighted by Gasteiger charge is 2.19. The molecule has 5 heteroatoms. The zero-order valence-electron chi connectivity index (χ0n) is 12.4. The average molecular weight is 287 g/mol. The van der Waals surface area contributed by atoms with Gasteiger partial charge in [-0.15, -0.1) is 0 Å². The highest BCUT2D eigenvalue weighted by Crippen LogP contribution is 2.15. The van der Waals surface area contributed by atoms with Crippen molar-refractivity contribution in [2.75, 3.05) is 6.54 Å². The summed E-state index contributed by atoms with van der Waals surface area (Å²) < 4.78 is 1.79. The molecule has 0 aliphatic rings. The summed E-state index contributed by atoms with van der Waals surface area (Å²) in [4.78, 5) is 11.4. The molecule has 2 N–H and O–H groups in total. The first kappa shape index (κ1) is 15.3. The van der Waals surface area contributed by atoms with Crippen molar-refractivity contribution in [3.8, 4) is 0 Å². The summed E-state index contributed by atoms with van der Waals surface area (Å²) in [6, 6.07) is 9.31. The van der Waals surface area contributed by atoms with Crippen molar-refractivity contribution in [3.05, 3.63) is 53.3 Å². The molecule has 112 valence electrons. The zero-order chi connectivity index (χ0) is 15.2. The van der Waals surface area contributed by atoms with Crippen molar-refractivity contribution in [2.24, 2.45) is 7.05 Å². The fourth-order valence-electron chi connectivity index (χ4n) is 2.41. The van der Waals surface area contributed by atoms with E-state index in [4.69, 9.17) is 0 Å². The molecule has 0 fully saturated rings. The zero-order valence-corrected chi connectivity index (χ0v) is 12.4. The highest BCUT2D eigenvalue weighted by atomic mass is 16.4. The molecule has 0 spiro atoms. The van der Waals surface area contributed by atoms with E-state index in [1.165, 1.54) is 0 Å². The third-order valence-corrected chi connectivity index (χ3v) is 3.49. The molecule has 21 heavy (non-hydrogen) atoms. The molecule has 0 bridgehead atoms. The molecule has 0 saturated carbocycles. The van der Waals surface area contributed by atoms with E-state index < -0.39 is 11.9 Å². The van der Waals surface area contributed by atoms with Gasteiger partial charge in [0.1, 0.15) is 0 Å². The van der Waals surface area contributed by atoms with Crippen LogP contribution in [0.1, 0.15) is 29.7 Å². The molecular formula is C16H21N3O2. The SMILES string of the molecule is CCc1nn(C)cc1CNCC(C(=O)O)c1ccccc1. The summed E-state index contributed by atoms with van der Waals surface area (Å²) in [7, 11) is 1.90. The molecular weight excluding hydrogens is 266 g/mol. The Hall–Kier alpha value is -2.14. The minimum atomic E-state index is -0.810. The minimum Gasteiger partial charge on any atom is -0.481 e. The van der Waals surface area contributed by atoms with E-state index in [1.807, 2.05) is 43.6 Å². The van der Waals surface area contributed by atoms with Gasteiger partial charge >= 0.3 is 5.97 Å². The molecule has 2 aromatic rings. The fraction of sp³-hybridized carbons (Fsp3) is 0.375. The molecule has 0 aliphatic carbocycles. The maximum Gasteiger partial charge on any atom is 0.312 e. The second-order valence-corrected chi connectivity index (χ2v) is 5.06. The van der Waals surface area contributed by atoms with Crippen molar-refractivity contribution < 1.29 is 9.90 Å². The molecule has 1 heterocycles. The van der Waals surface area contributed by atoms with Crippen LogP contribution < -0.4 is 5.32 Å². The van der Waals surface area contributed by atoms with Gasteiger partial charge in [-0.3, -0.25) is 9.48 Å². The van der Waals surface area contributed by atoms with Crippen LogP contribution in [0.4, 0.5) is 0 Å². The predicted octanol–water partition coefficient (Wildman–Crippen LogP) is 1.94. The predicted molar refractivity (Wildman–Crippen MR) is 81.1 cm³/mol. The van der Waals surface area contributed by atoms with Crippen molar-refractivity contribution in [1.29, 1.82) is 0 Å². The number of aryl methyl sites for hydroxylation is 2. The maximum absolute atomic E-state index is 11.4. The van der Waals surface area contributed by atoms with Gasteiger partial charge in [0.05, 0.1) is 11.6 Å². The Morgan fingerprint density at radius 2 is 2.10 bits per heavy atom. The van der Waals surface area contributed by atoms with Gasteiger partial charge in [-0.25, -0.2) is 0 Å². The van der Waals surface area contributed by atoms with Gasteiger partial charge in [0.25, 0.3) is 0 Å². The molecule has 0 radical (unpaired) electrons. The van der Waals surface area contributed by atoms with Crippen LogP contribution in [0.25, 0.3) is 0 Å². The van der Waals surface area contributed by atoms with Gasteiger partial charge in [0.2, 0.25) is 0 Å². The smallest absolute Gasteiger partial charge is 0.312 e. The molecule has 1 unspecified atom stereocenters. The van der Waals surface area contributed by atoms with E-state index >= 15 is 0 Å². The Bertz CT molecular complexity index is 593. The fourth-order valence-corrected chi connectivity index (χ4v) is 2.41. The molecule has 1 aromatic heterocycles. The number of nitrogens with one attached hydrogen (secondary N) is 1. The van der Waals surface area contributed by atoms with Crippen LogP contribution >= 0.6 is 0 Å². The molecule has 1 atom stereocenters. The molecule has 1 aromatic carbocycles. The molecule has 2 rings (SSSR count). The van der Waals surface area contributed by atoms with Crippen molar-refractivity contribution in [2.45, 2.75) is 25.8 Å². The van der Waals surface area contributed by atoms with Crippen LogP contribution in [0.15, 0.2) is 36.5 Å². The van der Waals surface area contributed by atoms with Gasteiger partial charge in [-0.1, -0.05) is 37.3 Å². The van der Waals surface area contributed by atoms with Gasteiger partial charge in [-0.2, -0.15) is 5.10 Å². The number of hydrogen-bond donors (Lipinski definition) is 2. The van der Waals surface area contributed by atoms with Crippen LogP contribution in [-0.4, -0.2) is 27.4 Å². The number of hydrogen-bond acceptors (Lipinski definition) is 3. The number of benzene rings is 1. The average Bonchev–Trinajstić information content (AvgIpc) is 2.84. The molecule has 0 aliphatic heterocycles. The summed E-state index contributed by atoms with van der Waals surface area (Å²) in [5, 5.41) is 17.0. The molecule has 5 nitrogen and oxygen atoms in total. The first-order valence-electron chi connectivity index (χ1n) is 7.11. The molecule has 0 amide bonds. The summed E-state index contributed by atoms with van der Waals surface area (Å²) in [5.74, 6) is -1.34. The first-order valence-corrected chi connectivity index (χ1v) is 7.11. The van der Waals surface area contributed by atoms with Crippen molar-refractivity contribution in [1.82, 2.24) is 15.1 Å². The Labute approximate surface area is 124 Å². The standard InChI is InChI=1S/C16H21N3O2/c1-3-15-13(11-19(2)18-15)9-17-10-14(16(20)21)12-7-5-4-6-8-12/h4-8,11,14,17H,3,9-10H2,1-2H3,(H,20,21). The monoisotopic (exact) mass is 287 g/mol. The Kier molecular flexibility index (Phi) is 5.11. The summed E-state index contributed by atoms with van der Waals surface area (Å²) in [5.41, 5.74) is 2.99. The molecule has 0 saturated heterocycles. The van der Waals surface area contributed by atoms with Crippen molar-refractivity contribution in [3.63, 3.8) is 0 Å². The quantitative estimate of drug-likeness (QED) is 0.816. The Morgan fingerprint density at radius 3 is 2.71 bits per heavy atom. The van der Waals surface area contributed by atoms with Crippen LogP contribution in [-0.2, 0) is 24.8 Å². The van der Waals surface area contributed by atoms with Crippen LogP contribution in [0, 0.1) is 0 Å². The van der Waals surface area contributed by atoms with Gasteiger partial charge in [0.15, 0.2) is 0 Å². The van der Waals surface area contributed by atoms with Crippen LogP contribution in [0.3, 0.4) is 0 Å². The number of aromatic nitrogens is 2. The summed E-state index contributed by atoms with van der Waals surface area (Å²) in [6.07, 6.45) is 2.85. The number of aliphatic carboxylic acids is 1. The van der Waals surface area contributed by atoms with Gasteiger partial charge in [-0.05, 0) is 12.0 Å². The minimum absolute atomic E-state index is 0.400. The lowest BCUT2D eigenvalue weighted by Gasteiger charge is -2.13. The lowest BCUT2D eigenvalue weighted by molar-refractivity contribution is -0.138. The largest absolute Gasteiger partial charge is 0.481 e. The third kappa shape index (κ3) is 3.92. The number of nitrogens with zero attached hydrogens (tertiary/aromatic N) is 2. The van der Waals surface area contributed by atoms with Crippen LogP contribution in [0.2, 0.25) is 0 Å². The van der Waals surface area contributed by atoms with E-state index in [-0.39, 0.29) is 0 Å². The van der Waals surface area contributed by atoms with Gasteiger partial charge in [0, 0.05) is 31.9 Å². The van der Waals surface area contributed by atoms with Crippen LogP contribution in [0.5, 0.6) is 0 Å². The third-order valence-electron chi connectivity index (χ3n) is 3.49. The lowest BCUT2D eigenvalue weighted by Crippen LogP contribution is -2.26. The normalized spacial score (nSPS) is 12.3. The number of carboxylic acids is 1. The Balaban J connectivity index is 1.98. The highest BCUT2D eigenvalue weighted by molar-refractivity contribution is 5.76. The van der Waals surface area contributed by atoms with Crippen molar-refractivity contribution >= 4 is 5.97 Å². The number of carbonyl (C=O) groups is 1. The number of carboxylic acid groups (broad SMARTS) is 1. The van der Waals surface area contributed by atoms with E-state index in [2.05, 4.69) is 17.3 Å². The second-order valence-electron chi connectivity index (χ2n) is 5.06.